The molecule has 0 aliphatic carbocycles. The first-order valence-corrected chi connectivity index (χ1v) is 5.01. The van der Waals surface area contributed by atoms with Crippen molar-refractivity contribution in [3.8, 4) is 12.1 Å². The van der Waals surface area contributed by atoms with Crippen molar-refractivity contribution >= 4 is 11.6 Å². The quantitative estimate of drug-likeness (QED) is 0.751. The second kappa shape index (κ2) is 6.26. The summed E-state index contributed by atoms with van der Waals surface area (Å²) >= 11 is 0. The Bertz CT molecular complexity index is 399. The zero-order chi connectivity index (χ0) is 11.8. The molecule has 0 radical (unpaired) electrons. The summed E-state index contributed by atoms with van der Waals surface area (Å²) in [7, 11) is 0. The first-order valence-electron chi connectivity index (χ1n) is 5.01. The Hall–Kier alpha value is -2.27. The maximum Gasteiger partial charge on any atom is 0.132 e. The predicted molar refractivity (Wildman–Crippen MR) is 61.8 cm³/mol. The zero-order valence-electron chi connectivity index (χ0n) is 9.14. The number of nitriles is 2. The SMILES string of the molecule is CCNc1cccc(N(CC#N)CC#N)n1. The summed E-state index contributed by atoms with van der Waals surface area (Å²) in [6.45, 7) is 3.09. The lowest BCUT2D eigenvalue weighted by molar-refractivity contribution is 0.934. The minimum Gasteiger partial charge on any atom is -0.370 e. The number of hydrogen-bond donors (Lipinski definition) is 1. The van der Waals surface area contributed by atoms with Crippen molar-refractivity contribution in [3.05, 3.63) is 18.2 Å². The number of hydrogen-bond acceptors (Lipinski definition) is 5. The second-order valence-corrected chi connectivity index (χ2v) is 3.08. The van der Waals surface area contributed by atoms with Gasteiger partial charge in [-0.2, -0.15) is 10.5 Å². The van der Waals surface area contributed by atoms with Crippen LogP contribution in [0.3, 0.4) is 0 Å². The fourth-order valence-electron chi connectivity index (χ4n) is 1.27. The van der Waals surface area contributed by atoms with Crippen molar-refractivity contribution in [2.24, 2.45) is 0 Å². The third-order valence-electron chi connectivity index (χ3n) is 1.94. The van der Waals surface area contributed by atoms with Gasteiger partial charge < -0.3 is 10.2 Å². The molecule has 0 unspecified atom stereocenters. The summed E-state index contributed by atoms with van der Waals surface area (Å²) in [5.74, 6) is 1.39. The van der Waals surface area contributed by atoms with Gasteiger partial charge in [-0.25, -0.2) is 4.98 Å². The molecule has 0 saturated heterocycles. The zero-order valence-corrected chi connectivity index (χ0v) is 9.14. The van der Waals surface area contributed by atoms with Crippen molar-refractivity contribution in [1.82, 2.24) is 4.98 Å². The van der Waals surface area contributed by atoms with E-state index in [-0.39, 0.29) is 13.1 Å². The van der Waals surface area contributed by atoms with Crippen molar-refractivity contribution in [3.63, 3.8) is 0 Å². The Morgan fingerprint density at radius 3 is 2.56 bits per heavy atom. The monoisotopic (exact) mass is 215 g/mol. The highest BCUT2D eigenvalue weighted by Crippen LogP contribution is 2.13. The fraction of sp³-hybridized carbons (Fsp3) is 0.364. The van der Waals surface area contributed by atoms with Crippen LogP contribution >= 0.6 is 0 Å². The molecule has 16 heavy (non-hydrogen) atoms. The van der Waals surface area contributed by atoms with Crippen molar-refractivity contribution in [2.45, 2.75) is 6.92 Å². The predicted octanol–water partition coefficient (Wildman–Crippen LogP) is 1.37. The second-order valence-electron chi connectivity index (χ2n) is 3.08. The third kappa shape index (κ3) is 3.14. The van der Waals surface area contributed by atoms with E-state index in [9.17, 15) is 0 Å². The van der Waals surface area contributed by atoms with E-state index in [2.05, 4.69) is 10.3 Å². The number of nitrogens with one attached hydrogen (secondary N) is 1. The van der Waals surface area contributed by atoms with E-state index in [0.29, 0.717) is 5.82 Å². The first-order chi connectivity index (χ1) is 7.81. The molecular weight excluding hydrogens is 202 g/mol. The molecule has 5 heteroatoms. The van der Waals surface area contributed by atoms with Crippen molar-refractivity contribution in [1.29, 1.82) is 10.5 Å². The molecule has 82 valence electrons. The van der Waals surface area contributed by atoms with Gasteiger partial charge in [0.25, 0.3) is 0 Å². The summed E-state index contributed by atoms with van der Waals surface area (Å²) < 4.78 is 0. The number of pyridine rings is 1. The van der Waals surface area contributed by atoms with Gasteiger partial charge in [0.1, 0.15) is 24.7 Å². The highest BCUT2D eigenvalue weighted by molar-refractivity contribution is 5.48. The summed E-state index contributed by atoms with van der Waals surface area (Å²) in [6, 6.07) is 9.52. The van der Waals surface area contributed by atoms with E-state index in [1.165, 1.54) is 0 Å². The molecule has 1 aromatic rings. The van der Waals surface area contributed by atoms with E-state index < -0.39 is 0 Å². The molecule has 1 N–H and O–H groups in total. The Kier molecular flexibility index (Phi) is 4.62. The molecule has 0 aliphatic heterocycles. The van der Waals surface area contributed by atoms with Crippen LogP contribution in [0.1, 0.15) is 6.92 Å². The minimum atomic E-state index is 0.163. The topological polar surface area (TPSA) is 75.7 Å². The standard InChI is InChI=1S/C11H13N5/c1-2-14-10-4-3-5-11(15-10)16(8-6-12)9-7-13/h3-5H,2,8-9H2,1H3,(H,14,15). The van der Waals surface area contributed by atoms with Crippen LogP contribution in [0.25, 0.3) is 0 Å². The molecule has 1 heterocycles. The van der Waals surface area contributed by atoms with Gasteiger partial charge in [0.15, 0.2) is 0 Å². The van der Waals surface area contributed by atoms with Crippen LogP contribution in [-0.4, -0.2) is 24.6 Å². The Morgan fingerprint density at radius 2 is 2.00 bits per heavy atom. The molecule has 0 amide bonds. The lowest BCUT2D eigenvalue weighted by Crippen LogP contribution is -2.24. The largest absolute Gasteiger partial charge is 0.370 e. The van der Waals surface area contributed by atoms with Gasteiger partial charge in [0.2, 0.25) is 0 Å². The van der Waals surface area contributed by atoms with E-state index >= 15 is 0 Å². The molecule has 0 aliphatic rings. The minimum absolute atomic E-state index is 0.163. The normalized spacial score (nSPS) is 8.94. The maximum atomic E-state index is 8.65. The number of anilines is 2. The first kappa shape index (κ1) is 11.8. The van der Waals surface area contributed by atoms with Gasteiger partial charge in [0, 0.05) is 6.54 Å². The molecule has 0 aromatic carbocycles. The average Bonchev–Trinajstić information content (AvgIpc) is 2.30. The van der Waals surface area contributed by atoms with Crippen LogP contribution in [0.15, 0.2) is 18.2 Å². The van der Waals surface area contributed by atoms with Gasteiger partial charge in [0.05, 0.1) is 12.1 Å². The molecule has 1 rings (SSSR count). The summed E-state index contributed by atoms with van der Waals surface area (Å²) in [6.07, 6.45) is 0. The van der Waals surface area contributed by atoms with Crippen LogP contribution in [-0.2, 0) is 0 Å². The van der Waals surface area contributed by atoms with E-state index in [0.717, 1.165) is 12.4 Å². The van der Waals surface area contributed by atoms with Gasteiger partial charge in [-0.1, -0.05) is 6.07 Å². The molecular formula is C11H13N5. The molecule has 1 aromatic heterocycles. The molecule has 0 atom stereocenters. The van der Waals surface area contributed by atoms with Gasteiger partial charge in [-0.15, -0.1) is 0 Å². The summed E-state index contributed by atoms with van der Waals surface area (Å²) in [5, 5.41) is 20.4. The van der Waals surface area contributed by atoms with Crippen LogP contribution in [0.5, 0.6) is 0 Å². The maximum absolute atomic E-state index is 8.65. The molecule has 0 spiro atoms. The van der Waals surface area contributed by atoms with Crippen LogP contribution < -0.4 is 10.2 Å². The number of rotatable bonds is 5. The van der Waals surface area contributed by atoms with Crippen LogP contribution in [0.4, 0.5) is 11.6 Å². The smallest absolute Gasteiger partial charge is 0.132 e. The summed E-state index contributed by atoms with van der Waals surface area (Å²) in [5.41, 5.74) is 0. The van der Waals surface area contributed by atoms with Crippen LogP contribution in [0, 0.1) is 22.7 Å². The Balaban J connectivity index is 2.87. The molecule has 0 saturated carbocycles. The van der Waals surface area contributed by atoms with Crippen molar-refractivity contribution in [2.75, 3.05) is 29.9 Å². The lowest BCUT2D eigenvalue weighted by atomic mass is 10.4. The highest BCUT2D eigenvalue weighted by atomic mass is 15.2. The number of aromatic nitrogens is 1. The number of nitrogens with zero attached hydrogens (tertiary/aromatic N) is 4. The van der Waals surface area contributed by atoms with Crippen LogP contribution in [0.2, 0.25) is 0 Å². The van der Waals surface area contributed by atoms with E-state index in [4.69, 9.17) is 10.5 Å². The van der Waals surface area contributed by atoms with E-state index in [1.807, 2.05) is 31.2 Å². The Labute approximate surface area is 94.9 Å². The lowest BCUT2D eigenvalue weighted by Gasteiger charge is -2.17. The summed E-state index contributed by atoms with van der Waals surface area (Å²) in [4.78, 5) is 5.94. The molecule has 0 bridgehead atoms. The van der Waals surface area contributed by atoms with E-state index in [1.54, 1.807) is 11.0 Å². The van der Waals surface area contributed by atoms with Gasteiger partial charge in [-0.05, 0) is 19.1 Å². The highest BCUT2D eigenvalue weighted by Gasteiger charge is 2.06. The van der Waals surface area contributed by atoms with Crippen molar-refractivity contribution < 1.29 is 0 Å². The average molecular weight is 215 g/mol. The Morgan fingerprint density at radius 1 is 1.31 bits per heavy atom. The third-order valence-corrected chi connectivity index (χ3v) is 1.94. The molecule has 0 fully saturated rings. The molecule has 5 nitrogen and oxygen atoms in total. The fourth-order valence-corrected chi connectivity index (χ4v) is 1.27. The van der Waals surface area contributed by atoms with Gasteiger partial charge >= 0.3 is 0 Å². The van der Waals surface area contributed by atoms with Gasteiger partial charge in [-0.3, -0.25) is 0 Å².